The van der Waals surface area contributed by atoms with E-state index in [0.29, 0.717) is 12.1 Å². The van der Waals surface area contributed by atoms with E-state index in [1.54, 1.807) is 6.19 Å². The summed E-state index contributed by atoms with van der Waals surface area (Å²) < 4.78 is 38.1. The maximum atomic E-state index is 12.7. The molecule has 0 aliphatic carbocycles. The van der Waals surface area contributed by atoms with Crippen molar-refractivity contribution in [2.45, 2.75) is 18.1 Å². The lowest BCUT2D eigenvalue weighted by atomic mass is 9.95. The van der Waals surface area contributed by atoms with Crippen LogP contribution in [0.25, 0.3) is 0 Å². The third-order valence-corrected chi connectivity index (χ3v) is 3.66. The molecule has 1 atom stereocenters. The van der Waals surface area contributed by atoms with Crippen molar-refractivity contribution >= 4 is 17.4 Å². The second kappa shape index (κ2) is 4.25. The van der Waals surface area contributed by atoms with Crippen molar-refractivity contribution in [3.63, 3.8) is 0 Å². The third-order valence-electron chi connectivity index (χ3n) is 3.66. The van der Waals surface area contributed by atoms with Crippen molar-refractivity contribution < 1.29 is 18.0 Å². The predicted molar refractivity (Wildman–Crippen MR) is 66.0 cm³/mol. The van der Waals surface area contributed by atoms with Crippen molar-refractivity contribution in [1.82, 2.24) is 9.88 Å². The molecule has 0 bridgehead atoms. The number of rotatable bonds is 0. The fourth-order valence-corrected chi connectivity index (χ4v) is 2.52. The van der Waals surface area contributed by atoms with E-state index in [-0.39, 0.29) is 18.9 Å². The highest BCUT2D eigenvalue weighted by Gasteiger charge is 2.49. The van der Waals surface area contributed by atoms with Gasteiger partial charge < -0.3 is 10.6 Å². The third kappa shape index (κ3) is 2.03. The predicted octanol–water partition coefficient (Wildman–Crippen LogP) is 1.39. The first-order valence-corrected chi connectivity index (χ1v) is 6.18. The van der Waals surface area contributed by atoms with Gasteiger partial charge in [0.15, 0.2) is 12.0 Å². The normalized spacial score (nSPS) is 24.3. The Balaban J connectivity index is 1.95. The average molecular weight is 297 g/mol. The first-order valence-electron chi connectivity index (χ1n) is 6.18. The number of halogens is 3. The number of nitriles is 1. The molecule has 1 spiro atoms. The maximum Gasteiger partial charge on any atom is 0.433 e. The highest BCUT2D eigenvalue weighted by Crippen LogP contribution is 2.37. The van der Waals surface area contributed by atoms with Gasteiger partial charge in [-0.2, -0.15) is 18.4 Å². The molecule has 21 heavy (non-hydrogen) atoms. The number of aromatic nitrogens is 1. The van der Waals surface area contributed by atoms with E-state index in [0.717, 1.165) is 11.0 Å². The number of hydrogen-bond donors (Lipinski definition) is 2. The molecule has 0 aromatic carbocycles. The fraction of sp³-hybridized carbons (Fsp3) is 0.417. The number of nitrogens with zero attached hydrogens (tertiary/aromatic N) is 3. The number of pyridine rings is 1. The van der Waals surface area contributed by atoms with Crippen molar-refractivity contribution in [3.05, 3.63) is 17.8 Å². The zero-order chi connectivity index (χ0) is 15.3. The van der Waals surface area contributed by atoms with Crippen LogP contribution >= 0.6 is 0 Å². The van der Waals surface area contributed by atoms with Gasteiger partial charge in [0.25, 0.3) is 5.91 Å². The van der Waals surface area contributed by atoms with E-state index in [2.05, 4.69) is 15.6 Å². The largest absolute Gasteiger partial charge is 0.433 e. The van der Waals surface area contributed by atoms with Crippen LogP contribution in [0.1, 0.15) is 12.1 Å². The average Bonchev–Trinajstić information content (AvgIpc) is 2.74. The van der Waals surface area contributed by atoms with Gasteiger partial charge in [0.2, 0.25) is 0 Å². The molecule has 1 aromatic heterocycles. The van der Waals surface area contributed by atoms with Gasteiger partial charge in [0, 0.05) is 19.5 Å². The number of nitrogens with one attached hydrogen (secondary N) is 2. The Morgan fingerprint density at radius 2 is 2.19 bits per heavy atom. The quantitative estimate of drug-likeness (QED) is 0.707. The van der Waals surface area contributed by atoms with Crippen LogP contribution in [0.15, 0.2) is 12.1 Å². The minimum Gasteiger partial charge on any atom is -0.379 e. The van der Waals surface area contributed by atoms with Gasteiger partial charge in [-0.05, 0) is 12.1 Å². The molecule has 1 unspecified atom stereocenters. The Kier molecular flexibility index (Phi) is 2.73. The van der Waals surface area contributed by atoms with Crippen LogP contribution in [0, 0.1) is 11.5 Å². The number of hydrogen-bond acceptors (Lipinski definition) is 5. The molecule has 3 heterocycles. The first kappa shape index (κ1) is 13.5. The van der Waals surface area contributed by atoms with Crippen molar-refractivity contribution in [2.75, 3.05) is 23.7 Å². The highest BCUT2D eigenvalue weighted by molar-refractivity contribution is 5.95. The lowest BCUT2D eigenvalue weighted by molar-refractivity contribution is -0.141. The molecule has 0 saturated carbocycles. The lowest BCUT2D eigenvalue weighted by Crippen LogP contribution is -2.53. The Morgan fingerprint density at radius 3 is 2.81 bits per heavy atom. The summed E-state index contributed by atoms with van der Waals surface area (Å²) in [5, 5.41) is 14.5. The molecule has 9 heteroatoms. The van der Waals surface area contributed by atoms with Gasteiger partial charge in [-0.3, -0.25) is 4.79 Å². The van der Waals surface area contributed by atoms with E-state index in [4.69, 9.17) is 5.26 Å². The number of carbonyl (C=O) groups is 1. The smallest absolute Gasteiger partial charge is 0.379 e. The molecular weight excluding hydrogens is 287 g/mol. The molecule has 1 amide bonds. The number of carbonyl (C=O) groups excluding carboxylic acids is 1. The zero-order valence-corrected chi connectivity index (χ0v) is 10.7. The lowest BCUT2D eigenvalue weighted by Gasteiger charge is -2.34. The summed E-state index contributed by atoms with van der Waals surface area (Å²) in [5.41, 5.74) is -1.74. The van der Waals surface area contributed by atoms with Gasteiger partial charge in [-0.1, -0.05) is 0 Å². The van der Waals surface area contributed by atoms with Crippen molar-refractivity contribution in [3.8, 4) is 6.19 Å². The molecular formula is C12H10F3N5O. The van der Waals surface area contributed by atoms with Gasteiger partial charge in [-0.15, -0.1) is 0 Å². The summed E-state index contributed by atoms with van der Waals surface area (Å²) >= 11 is 0. The molecule has 6 nitrogen and oxygen atoms in total. The van der Waals surface area contributed by atoms with Gasteiger partial charge in [0.05, 0.1) is 5.69 Å². The summed E-state index contributed by atoms with van der Waals surface area (Å²) in [6, 6.07) is 2.15. The molecule has 1 aromatic rings. The standard InChI is InChI=1S/C12H10F3N5O/c13-12(14,15)8-2-1-7-9(18-8)19-11(5-17-7)3-4-20(6-16)10(11)21/h1-2,17H,3-5H2,(H,18,19). The molecule has 1 saturated heterocycles. The van der Waals surface area contributed by atoms with Crippen LogP contribution in [0.4, 0.5) is 24.7 Å². The maximum absolute atomic E-state index is 12.7. The van der Waals surface area contributed by atoms with Crippen LogP contribution in [-0.2, 0) is 11.0 Å². The number of anilines is 2. The second-order valence-corrected chi connectivity index (χ2v) is 4.96. The Labute approximate surface area is 117 Å². The van der Waals surface area contributed by atoms with Crippen LogP contribution in [0.2, 0.25) is 0 Å². The van der Waals surface area contributed by atoms with Gasteiger partial charge in [0.1, 0.15) is 11.2 Å². The summed E-state index contributed by atoms with van der Waals surface area (Å²) in [7, 11) is 0. The van der Waals surface area contributed by atoms with E-state index in [1.807, 2.05) is 0 Å². The number of likely N-dealkylation sites (tertiary alicyclic amines) is 1. The second-order valence-electron chi connectivity index (χ2n) is 4.96. The van der Waals surface area contributed by atoms with Gasteiger partial charge in [-0.25, -0.2) is 9.88 Å². The van der Waals surface area contributed by atoms with Crippen LogP contribution in [0.3, 0.4) is 0 Å². The molecule has 2 aliphatic rings. The Bertz CT molecular complexity index is 653. The van der Waals surface area contributed by atoms with E-state index in [9.17, 15) is 18.0 Å². The highest BCUT2D eigenvalue weighted by atomic mass is 19.4. The molecule has 3 rings (SSSR count). The topological polar surface area (TPSA) is 81.1 Å². The van der Waals surface area contributed by atoms with Crippen LogP contribution in [0.5, 0.6) is 0 Å². The van der Waals surface area contributed by atoms with E-state index < -0.39 is 23.3 Å². The minimum absolute atomic E-state index is 0.0239. The minimum atomic E-state index is -4.56. The summed E-state index contributed by atoms with van der Waals surface area (Å²) in [6.07, 6.45) is -2.47. The monoisotopic (exact) mass is 297 g/mol. The fourth-order valence-electron chi connectivity index (χ4n) is 2.52. The van der Waals surface area contributed by atoms with Crippen LogP contribution < -0.4 is 10.6 Å². The molecule has 110 valence electrons. The molecule has 2 N–H and O–H groups in total. The zero-order valence-electron chi connectivity index (χ0n) is 10.7. The molecule has 2 aliphatic heterocycles. The number of amides is 1. The summed E-state index contributed by atoms with van der Waals surface area (Å²) in [4.78, 5) is 16.7. The summed E-state index contributed by atoms with van der Waals surface area (Å²) in [5.74, 6) is -0.480. The van der Waals surface area contributed by atoms with Gasteiger partial charge >= 0.3 is 6.18 Å². The molecule has 1 fully saturated rings. The Hall–Kier alpha value is -2.50. The van der Waals surface area contributed by atoms with E-state index in [1.165, 1.54) is 6.07 Å². The SMILES string of the molecule is N#CN1CCC2(CNc3ccc(C(F)(F)F)nc3N2)C1=O. The molecule has 0 radical (unpaired) electrons. The van der Waals surface area contributed by atoms with Crippen LogP contribution in [-0.4, -0.2) is 34.4 Å². The van der Waals surface area contributed by atoms with E-state index >= 15 is 0 Å². The van der Waals surface area contributed by atoms with Crippen molar-refractivity contribution in [2.24, 2.45) is 0 Å². The van der Waals surface area contributed by atoms with Crippen molar-refractivity contribution in [1.29, 1.82) is 5.26 Å². The number of alkyl halides is 3. The Morgan fingerprint density at radius 1 is 1.43 bits per heavy atom. The first-order chi connectivity index (χ1) is 9.86. The number of fused-ring (bicyclic) bond motifs is 1. The summed E-state index contributed by atoms with van der Waals surface area (Å²) in [6.45, 7) is 0.433.